The molecule has 0 aliphatic carbocycles. The van der Waals surface area contributed by atoms with Crippen molar-refractivity contribution in [2.45, 2.75) is 33.1 Å². The Morgan fingerprint density at radius 3 is 2.58 bits per heavy atom. The number of nitrogens with zero attached hydrogens (tertiary/aromatic N) is 1. The maximum Gasteiger partial charge on any atom is 0.193 e. The van der Waals surface area contributed by atoms with Crippen LogP contribution in [0.5, 0.6) is 0 Å². The molecule has 0 aliphatic heterocycles. The largest absolute Gasteiger partial charge is 0.381 e. The minimum Gasteiger partial charge on any atom is -0.381 e. The molecule has 4 nitrogen and oxygen atoms in total. The Morgan fingerprint density at radius 2 is 1.89 bits per heavy atom. The van der Waals surface area contributed by atoms with Crippen LogP contribution in [0.2, 0.25) is 0 Å². The van der Waals surface area contributed by atoms with E-state index >= 15 is 0 Å². The molecule has 0 unspecified atom stereocenters. The molecule has 0 atom stereocenters. The van der Waals surface area contributed by atoms with Crippen molar-refractivity contribution in [2.24, 2.45) is 10.7 Å². The number of nitrogens with two attached hydrogens (primary N) is 1. The van der Waals surface area contributed by atoms with Crippen molar-refractivity contribution in [3.05, 3.63) is 29.8 Å². The topological polar surface area (TPSA) is 59.6 Å². The van der Waals surface area contributed by atoms with E-state index in [1.807, 2.05) is 24.3 Å². The summed E-state index contributed by atoms with van der Waals surface area (Å²) in [4.78, 5) is 4.26. The van der Waals surface area contributed by atoms with E-state index in [-0.39, 0.29) is 0 Å². The smallest absolute Gasteiger partial charge is 0.193 e. The zero-order chi connectivity index (χ0) is 13.9. The van der Waals surface area contributed by atoms with Crippen LogP contribution in [0.1, 0.15) is 31.7 Å². The van der Waals surface area contributed by atoms with Crippen molar-refractivity contribution in [1.82, 2.24) is 0 Å². The number of guanidine groups is 1. The SMILES string of the molecule is CCCCOCCCN=C(N)Nc1ccc(C)cc1. The lowest BCUT2D eigenvalue weighted by atomic mass is 10.2. The fourth-order valence-corrected chi connectivity index (χ4v) is 1.54. The Balaban J connectivity index is 2.16. The van der Waals surface area contributed by atoms with Gasteiger partial charge < -0.3 is 15.8 Å². The lowest BCUT2D eigenvalue weighted by Gasteiger charge is -2.06. The molecule has 0 aliphatic rings. The molecule has 19 heavy (non-hydrogen) atoms. The molecule has 0 fully saturated rings. The van der Waals surface area contributed by atoms with E-state index < -0.39 is 0 Å². The van der Waals surface area contributed by atoms with Gasteiger partial charge in [-0.3, -0.25) is 4.99 Å². The average molecular weight is 263 g/mol. The second-order valence-electron chi connectivity index (χ2n) is 4.58. The second kappa shape index (κ2) is 9.39. The zero-order valence-corrected chi connectivity index (χ0v) is 12.0. The molecule has 0 amide bonds. The highest BCUT2D eigenvalue weighted by Gasteiger charge is 1.94. The minimum absolute atomic E-state index is 0.456. The number of aliphatic imine (C=N–C) groups is 1. The number of unbranched alkanes of at least 4 members (excludes halogenated alkanes) is 1. The van der Waals surface area contributed by atoms with Crippen molar-refractivity contribution in [3.8, 4) is 0 Å². The molecule has 0 aromatic heterocycles. The highest BCUT2D eigenvalue weighted by atomic mass is 16.5. The predicted molar refractivity (Wildman–Crippen MR) is 81.6 cm³/mol. The summed E-state index contributed by atoms with van der Waals surface area (Å²) in [5.74, 6) is 0.456. The van der Waals surface area contributed by atoms with Gasteiger partial charge in [-0.05, 0) is 31.9 Å². The van der Waals surface area contributed by atoms with Crippen LogP contribution in [-0.4, -0.2) is 25.7 Å². The summed E-state index contributed by atoms with van der Waals surface area (Å²) in [5, 5.41) is 3.07. The summed E-state index contributed by atoms with van der Waals surface area (Å²) < 4.78 is 5.46. The normalized spacial score (nSPS) is 11.6. The van der Waals surface area contributed by atoms with E-state index in [1.165, 1.54) is 12.0 Å². The van der Waals surface area contributed by atoms with Gasteiger partial charge in [0, 0.05) is 25.4 Å². The third-order valence-electron chi connectivity index (χ3n) is 2.70. The van der Waals surface area contributed by atoms with Gasteiger partial charge in [-0.2, -0.15) is 0 Å². The van der Waals surface area contributed by atoms with Crippen LogP contribution in [-0.2, 0) is 4.74 Å². The van der Waals surface area contributed by atoms with Gasteiger partial charge in [0.25, 0.3) is 0 Å². The van der Waals surface area contributed by atoms with Crippen molar-refractivity contribution < 1.29 is 4.74 Å². The Bertz CT molecular complexity index is 373. The zero-order valence-electron chi connectivity index (χ0n) is 12.0. The first-order valence-electron chi connectivity index (χ1n) is 6.93. The van der Waals surface area contributed by atoms with Gasteiger partial charge in [-0.15, -0.1) is 0 Å². The van der Waals surface area contributed by atoms with Gasteiger partial charge in [0.15, 0.2) is 5.96 Å². The minimum atomic E-state index is 0.456. The van der Waals surface area contributed by atoms with Crippen molar-refractivity contribution in [2.75, 3.05) is 25.1 Å². The molecule has 0 heterocycles. The summed E-state index contributed by atoms with van der Waals surface area (Å²) in [5.41, 5.74) is 8.00. The molecule has 1 rings (SSSR count). The number of hydrogen-bond acceptors (Lipinski definition) is 2. The summed E-state index contributed by atoms with van der Waals surface area (Å²) in [6, 6.07) is 8.06. The van der Waals surface area contributed by atoms with Crippen LogP contribution in [0.3, 0.4) is 0 Å². The van der Waals surface area contributed by atoms with Gasteiger partial charge in [0.2, 0.25) is 0 Å². The molecule has 0 radical (unpaired) electrons. The fraction of sp³-hybridized carbons (Fsp3) is 0.533. The molecular formula is C15H25N3O. The summed E-state index contributed by atoms with van der Waals surface area (Å²) in [6.45, 7) is 6.50. The van der Waals surface area contributed by atoms with Gasteiger partial charge in [-0.25, -0.2) is 0 Å². The first-order valence-corrected chi connectivity index (χ1v) is 6.93. The molecular weight excluding hydrogens is 238 g/mol. The number of aryl methyl sites for hydroxylation is 1. The first-order chi connectivity index (χ1) is 9.22. The molecule has 0 bridgehead atoms. The third-order valence-corrected chi connectivity index (χ3v) is 2.70. The lowest BCUT2D eigenvalue weighted by molar-refractivity contribution is 0.130. The van der Waals surface area contributed by atoms with Gasteiger partial charge in [0.1, 0.15) is 0 Å². The van der Waals surface area contributed by atoms with E-state index in [2.05, 4.69) is 24.2 Å². The Kier molecular flexibility index (Phi) is 7.66. The Morgan fingerprint density at radius 1 is 1.21 bits per heavy atom. The summed E-state index contributed by atoms with van der Waals surface area (Å²) >= 11 is 0. The van der Waals surface area contributed by atoms with Gasteiger partial charge in [0.05, 0.1) is 0 Å². The summed E-state index contributed by atoms with van der Waals surface area (Å²) in [7, 11) is 0. The predicted octanol–water partition coefficient (Wildman–Crippen LogP) is 2.93. The van der Waals surface area contributed by atoms with Crippen LogP contribution in [0, 0.1) is 6.92 Å². The number of anilines is 1. The molecule has 0 saturated heterocycles. The van der Waals surface area contributed by atoms with E-state index in [0.717, 1.165) is 31.7 Å². The molecule has 3 N–H and O–H groups in total. The maximum atomic E-state index is 5.80. The standard InChI is InChI=1S/C15H25N3O/c1-3-4-11-19-12-5-10-17-15(16)18-14-8-6-13(2)7-9-14/h6-9H,3-5,10-12H2,1-2H3,(H3,16,17,18). The third kappa shape index (κ3) is 7.47. The highest BCUT2D eigenvalue weighted by molar-refractivity contribution is 5.92. The van der Waals surface area contributed by atoms with Crippen molar-refractivity contribution in [1.29, 1.82) is 0 Å². The van der Waals surface area contributed by atoms with Gasteiger partial charge in [-0.1, -0.05) is 31.0 Å². The van der Waals surface area contributed by atoms with Crippen molar-refractivity contribution >= 4 is 11.6 Å². The number of rotatable bonds is 8. The van der Waals surface area contributed by atoms with E-state index in [0.29, 0.717) is 12.5 Å². The lowest BCUT2D eigenvalue weighted by Crippen LogP contribution is -2.23. The number of nitrogens with one attached hydrogen (secondary N) is 1. The number of ether oxygens (including phenoxy) is 1. The molecule has 1 aromatic carbocycles. The van der Waals surface area contributed by atoms with Gasteiger partial charge >= 0.3 is 0 Å². The van der Waals surface area contributed by atoms with Crippen LogP contribution < -0.4 is 11.1 Å². The monoisotopic (exact) mass is 263 g/mol. The summed E-state index contributed by atoms with van der Waals surface area (Å²) in [6.07, 6.45) is 3.20. The van der Waals surface area contributed by atoms with E-state index in [1.54, 1.807) is 0 Å². The highest BCUT2D eigenvalue weighted by Crippen LogP contribution is 2.07. The molecule has 4 heteroatoms. The van der Waals surface area contributed by atoms with Crippen LogP contribution in [0.15, 0.2) is 29.3 Å². The van der Waals surface area contributed by atoms with E-state index in [9.17, 15) is 0 Å². The fourth-order valence-electron chi connectivity index (χ4n) is 1.54. The van der Waals surface area contributed by atoms with Crippen molar-refractivity contribution in [3.63, 3.8) is 0 Å². The van der Waals surface area contributed by atoms with Crippen LogP contribution in [0.4, 0.5) is 5.69 Å². The average Bonchev–Trinajstić information content (AvgIpc) is 2.40. The number of hydrogen-bond donors (Lipinski definition) is 2. The van der Waals surface area contributed by atoms with E-state index in [4.69, 9.17) is 10.5 Å². The quantitative estimate of drug-likeness (QED) is 0.431. The molecule has 0 spiro atoms. The molecule has 1 aromatic rings. The van der Waals surface area contributed by atoms with Crippen LogP contribution in [0.25, 0.3) is 0 Å². The first kappa shape index (κ1) is 15.5. The number of benzene rings is 1. The Labute approximate surface area is 116 Å². The second-order valence-corrected chi connectivity index (χ2v) is 4.58. The molecule has 0 saturated carbocycles. The maximum absolute atomic E-state index is 5.80. The Hall–Kier alpha value is -1.55. The molecule has 106 valence electrons. The van der Waals surface area contributed by atoms with Crippen LogP contribution >= 0.6 is 0 Å².